The Hall–Kier alpha value is -1.36. The van der Waals surface area contributed by atoms with Crippen molar-refractivity contribution in [2.75, 3.05) is 7.11 Å². The first-order valence-corrected chi connectivity index (χ1v) is 6.51. The molecule has 0 amide bonds. The highest BCUT2D eigenvalue weighted by Crippen LogP contribution is 2.38. The molecule has 1 atom stereocenters. The first-order valence-electron chi connectivity index (χ1n) is 4.89. The van der Waals surface area contributed by atoms with Crippen molar-refractivity contribution in [2.24, 2.45) is 5.16 Å². The number of ether oxygens (including phenoxy) is 1. The molecule has 0 aliphatic carbocycles. The molecule has 1 aromatic rings. The van der Waals surface area contributed by atoms with Crippen LogP contribution in [0.4, 0.5) is 0 Å². The summed E-state index contributed by atoms with van der Waals surface area (Å²) < 4.78 is 15.8. The summed E-state index contributed by atoms with van der Waals surface area (Å²) in [5.41, 5.74) is 1.16. The zero-order valence-electron chi connectivity index (χ0n) is 9.03. The standard InChI is InChI=1S/C10H12NO5P/c1-15-8-4-2-7(3-5-8)9-6-10(16-11-9)17(12,13)14/h2-5,10H,6H2,1H3,(H2,12,13,14)/p-2. The van der Waals surface area contributed by atoms with Crippen LogP contribution in [0.1, 0.15) is 12.0 Å². The van der Waals surface area contributed by atoms with Crippen LogP contribution in [-0.4, -0.2) is 18.7 Å². The third-order valence-corrected chi connectivity index (χ3v) is 3.41. The van der Waals surface area contributed by atoms with Gasteiger partial charge in [0.25, 0.3) is 0 Å². The molecule has 92 valence electrons. The molecule has 1 unspecified atom stereocenters. The van der Waals surface area contributed by atoms with Crippen molar-refractivity contribution in [1.29, 1.82) is 0 Å². The highest BCUT2D eigenvalue weighted by Gasteiger charge is 2.24. The van der Waals surface area contributed by atoms with Gasteiger partial charge in [-0.05, 0) is 37.4 Å². The lowest BCUT2D eigenvalue weighted by Crippen LogP contribution is -2.26. The fourth-order valence-electron chi connectivity index (χ4n) is 1.49. The molecule has 0 radical (unpaired) electrons. The number of hydrogen-bond acceptors (Lipinski definition) is 6. The summed E-state index contributed by atoms with van der Waals surface area (Å²) in [6.45, 7) is 0. The van der Waals surface area contributed by atoms with Crippen LogP contribution in [0.15, 0.2) is 29.4 Å². The van der Waals surface area contributed by atoms with Crippen molar-refractivity contribution in [3.05, 3.63) is 29.8 Å². The zero-order valence-corrected chi connectivity index (χ0v) is 9.92. The Balaban J connectivity index is 2.12. The SMILES string of the molecule is COc1ccc(C2=NOC(P(=O)([O-])[O-])C2)cc1. The Morgan fingerprint density at radius 3 is 2.53 bits per heavy atom. The molecule has 7 heteroatoms. The summed E-state index contributed by atoms with van der Waals surface area (Å²) in [5.74, 6) is -0.706. The summed E-state index contributed by atoms with van der Waals surface area (Å²) >= 11 is 0. The van der Waals surface area contributed by atoms with Gasteiger partial charge >= 0.3 is 0 Å². The van der Waals surface area contributed by atoms with Crippen molar-refractivity contribution < 1.29 is 23.9 Å². The summed E-state index contributed by atoms with van der Waals surface area (Å²) in [4.78, 5) is 26.1. The quantitative estimate of drug-likeness (QED) is 0.712. The molecule has 0 saturated carbocycles. The molecule has 0 bridgehead atoms. The van der Waals surface area contributed by atoms with Crippen LogP contribution in [0.3, 0.4) is 0 Å². The lowest BCUT2D eigenvalue weighted by molar-refractivity contribution is -0.323. The van der Waals surface area contributed by atoms with Crippen LogP contribution in [0.5, 0.6) is 5.75 Å². The highest BCUT2D eigenvalue weighted by atomic mass is 31.2. The van der Waals surface area contributed by atoms with Crippen molar-refractivity contribution in [1.82, 2.24) is 0 Å². The Morgan fingerprint density at radius 2 is 2.06 bits per heavy atom. The topological polar surface area (TPSA) is 94.0 Å². The summed E-state index contributed by atoms with van der Waals surface area (Å²) in [7, 11) is -3.20. The lowest BCUT2D eigenvalue weighted by atomic mass is 10.1. The van der Waals surface area contributed by atoms with Crippen molar-refractivity contribution in [3.63, 3.8) is 0 Å². The molecule has 17 heavy (non-hydrogen) atoms. The van der Waals surface area contributed by atoms with Gasteiger partial charge in [-0.1, -0.05) is 5.16 Å². The third kappa shape index (κ3) is 2.66. The Kier molecular flexibility index (Phi) is 3.19. The Bertz CT molecular complexity index is 478. The molecule has 1 aliphatic rings. The normalized spacial score (nSPS) is 19.7. The van der Waals surface area contributed by atoms with Gasteiger partial charge in [0.2, 0.25) is 0 Å². The number of nitrogens with zero attached hydrogens (tertiary/aromatic N) is 1. The summed E-state index contributed by atoms with van der Waals surface area (Å²) in [6, 6.07) is 6.90. The van der Waals surface area contributed by atoms with Gasteiger partial charge < -0.3 is 23.9 Å². The largest absolute Gasteiger partial charge is 0.808 e. The minimum absolute atomic E-state index is 0.0173. The van der Waals surface area contributed by atoms with Gasteiger partial charge in [-0.15, -0.1) is 0 Å². The van der Waals surface area contributed by atoms with E-state index in [4.69, 9.17) is 4.74 Å². The minimum atomic E-state index is -4.75. The van der Waals surface area contributed by atoms with Gasteiger partial charge in [-0.3, -0.25) is 0 Å². The lowest BCUT2D eigenvalue weighted by Gasteiger charge is -2.33. The van der Waals surface area contributed by atoms with Crippen LogP contribution in [0.2, 0.25) is 0 Å². The van der Waals surface area contributed by atoms with Gasteiger partial charge in [-0.2, -0.15) is 0 Å². The molecule has 0 N–H and O–H groups in total. The van der Waals surface area contributed by atoms with E-state index >= 15 is 0 Å². The van der Waals surface area contributed by atoms with E-state index in [2.05, 4.69) is 9.99 Å². The van der Waals surface area contributed by atoms with Crippen LogP contribution < -0.4 is 14.5 Å². The molecule has 0 saturated heterocycles. The van der Waals surface area contributed by atoms with E-state index in [9.17, 15) is 14.4 Å². The predicted octanol–water partition coefficient (Wildman–Crippen LogP) is 0.0594. The molecule has 6 nitrogen and oxygen atoms in total. The fourth-order valence-corrected chi connectivity index (χ4v) is 2.05. The van der Waals surface area contributed by atoms with Crippen molar-refractivity contribution in [2.45, 2.75) is 12.3 Å². The smallest absolute Gasteiger partial charge is 0.158 e. The third-order valence-electron chi connectivity index (χ3n) is 2.43. The van der Waals surface area contributed by atoms with E-state index in [1.165, 1.54) is 0 Å². The van der Waals surface area contributed by atoms with E-state index in [1.54, 1.807) is 31.4 Å². The number of rotatable bonds is 3. The van der Waals surface area contributed by atoms with Gasteiger partial charge in [0.15, 0.2) is 5.85 Å². The number of hydrogen-bond donors (Lipinski definition) is 0. The first-order chi connectivity index (χ1) is 8.00. The monoisotopic (exact) mass is 255 g/mol. The van der Waals surface area contributed by atoms with E-state index in [0.29, 0.717) is 17.0 Å². The number of benzene rings is 1. The van der Waals surface area contributed by atoms with Gasteiger partial charge in [-0.25, -0.2) is 0 Å². The molecule has 1 aromatic carbocycles. The van der Waals surface area contributed by atoms with Crippen LogP contribution in [0, 0.1) is 0 Å². The minimum Gasteiger partial charge on any atom is -0.808 e. The number of methoxy groups -OCH3 is 1. The molecule has 1 aliphatic heterocycles. The Morgan fingerprint density at radius 1 is 1.41 bits per heavy atom. The van der Waals surface area contributed by atoms with Crippen LogP contribution in [0.25, 0.3) is 0 Å². The van der Waals surface area contributed by atoms with E-state index < -0.39 is 13.4 Å². The van der Waals surface area contributed by atoms with Gasteiger partial charge in [0.05, 0.1) is 12.8 Å². The average Bonchev–Trinajstić information content (AvgIpc) is 2.78. The fraction of sp³-hybridized carbons (Fsp3) is 0.300. The zero-order chi connectivity index (χ0) is 12.5. The molecule has 2 rings (SSSR count). The maximum absolute atomic E-state index is 10.8. The van der Waals surface area contributed by atoms with E-state index in [0.717, 1.165) is 0 Å². The molecular weight excluding hydrogens is 245 g/mol. The van der Waals surface area contributed by atoms with Crippen LogP contribution in [-0.2, 0) is 9.40 Å². The summed E-state index contributed by atoms with van der Waals surface area (Å²) in [5, 5.41) is 3.61. The second kappa shape index (κ2) is 4.49. The van der Waals surface area contributed by atoms with Crippen molar-refractivity contribution in [3.8, 4) is 5.75 Å². The summed E-state index contributed by atoms with van der Waals surface area (Å²) in [6.07, 6.45) is -0.0173. The maximum Gasteiger partial charge on any atom is 0.158 e. The molecule has 0 spiro atoms. The van der Waals surface area contributed by atoms with Gasteiger partial charge in [0.1, 0.15) is 5.75 Å². The van der Waals surface area contributed by atoms with Crippen LogP contribution >= 0.6 is 7.60 Å². The van der Waals surface area contributed by atoms with E-state index in [-0.39, 0.29) is 6.42 Å². The number of oxime groups is 1. The molecule has 1 heterocycles. The molecular formula is C10H10NO5P-2. The van der Waals surface area contributed by atoms with E-state index in [1.807, 2.05) is 0 Å². The first kappa shape index (κ1) is 12.1. The Labute approximate surface area is 98.0 Å². The van der Waals surface area contributed by atoms with Crippen molar-refractivity contribution >= 4 is 13.3 Å². The molecule has 0 aromatic heterocycles. The second-order valence-corrected chi connectivity index (χ2v) is 5.23. The van der Waals surface area contributed by atoms with Gasteiger partial charge in [0, 0.05) is 6.42 Å². The average molecular weight is 255 g/mol. The highest BCUT2D eigenvalue weighted by molar-refractivity contribution is 7.49. The predicted molar refractivity (Wildman–Crippen MR) is 56.6 cm³/mol. The second-order valence-electron chi connectivity index (χ2n) is 3.57. The molecule has 0 fully saturated rings. The maximum atomic E-state index is 10.8.